The number of hydrogen-bond donors (Lipinski definition) is 3. The first-order valence-electron chi connectivity index (χ1n) is 12.2. The summed E-state index contributed by atoms with van der Waals surface area (Å²) in [6.45, 7) is 8.22. The topological polar surface area (TPSA) is 155 Å². The molecule has 0 aliphatic carbocycles. The van der Waals surface area contributed by atoms with E-state index < -0.39 is 48.0 Å². The Hall–Kier alpha value is -4.39. The molecule has 0 heterocycles. The van der Waals surface area contributed by atoms with Crippen LogP contribution < -0.4 is 16.4 Å². The molecule has 2 aromatic carbocycles. The molecule has 202 valence electrons. The quantitative estimate of drug-likeness (QED) is 0.407. The number of ether oxygens (including phenoxy) is 1. The Morgan fingerprint density at radius 1 is 1.08 bits per heavy atom. The average Bonchev–Trinajstić information content (AvgIpc) is 2.81. The number of nitriles is 1. The van der Waals surface area contributed by atoms with E-state index in [0.717, 1.165) is 16.0 Å². The highest BCUT2D eigenvalue weighted by Crippen LogP contribution is 2.26. The number of amides is 4. The smallest absolute Gasteiger partial charge is 0.408 e. The van der Waals surface area contributed by atoms with Crippen molar-refractivity contribution in [2.45, 2.75) is 65.1 Å². The first kappa shape index (κ1) is 29.8. The van der Waals surface area contributed by atoms with E-state index in [4.69, 9.17) is 10.5 Å². The average molecular weight is 522 g/mol. The number of nitrogens with zero attached hydrogens (tertiary/aromatic N) is 2. The first-order chi connectivity index (χ1) is 17.8. The molecular formula is C28H35N5O5. The molecule has 10 nitrogen and oxygen atoms in total. The maximum absolute atomic E-state index is 13.8. The van der Waals surface area contributed by atoms with E-state index >= 15 is 0 Å². The summed E-state index contributed by atoms with van der Waals surface area (Å²) < 4.78 is 5.28. The molecule has 2 unspecified atom stereocenters. The van der Waals surface area contributed by atoms with Gasteiger partial charge in [-0.15, -0.1) is 0 Å². The van der Waals surface area contributed by atoms with Crippen LogP contribution in [0.1, 0.15) is 56.3 Å². The molecule has 0 bridgehead atoms. The van der Waals surface area contributed by atoms with Gasteiger partial charge in [0.15, 0.2) is 0 Å². The normalized spacial score (nSPS) is 12.4. The molecule has 4 N–H and O–H groups in total. The van der Waals surface area contributed by atoms with E-state index in [1.54, 1.807) is 51.1 Å². The Morgan fingerprint density at radius 3 is 2.34 bits per heavy atom. The van der Waals surface area contributed by atoms with E-state index in [1.807, 2.05) is 38.1 Å². The summed E-state index contributed by atoms with van der Waals surface area (Å²) in [7, 11) is 0. The zero-order chi connectivity index (χ0) is 28.5. The lowest BCUT2D eigenvalue weighted by Gasteiger charge is -2.33. The second-order valence-corrected chi connectivity index (χ2v) is 9.95. The number of para-hydroxylation sites is 1. The largest absolute Gasteiger partial charge is 0.444 e. The number of anilines is 1. The van der Waals surface area contributed by atoms with E-state index in [2.05, 4.69) is 10.6 Å². The van der Waals surface area contributed by atoms with E-state index in [-0.39, 0.29) is 12.8 Å². The molecule has 0 fully saturated rings. The monoisotopic (exact) mass is 521 g/mol. The number of nitrogens with two attached hydrogens (primary N) is 1. The van der Waals surface area contributed by atoms with Crippen LogP contribution in [0.3, 0.4) is 0 Å². The van der Waals surface area contributed by atoms with Crippen molar-refractivity contribution in [3.05, 3.63) is 65.2 Å². The second kappa shape index (κ2) is 13.2. The molecule has 0 radical (unpaired) electrons. The number of carbonyl (C=O) groups excluding carboxylic acids is 4. The number of aryl methyl sites for hydroxylation is 2. The molecule has 0 saturated carbocycles. The van der Waals surface area contributed by atoms with Crippen molar-refractivity contribution in [1.29, 1.82) is 5.26 Å². The zero-order valence-electron chi connectivity index (χ0n) is 22.4. The Kier molecular flexibility index (Phi) is 10.4. The molecule has 10 heteroatoms. The molecule has 2 rings (SSSR count). The van der Waals surface area contributed by atoms with Crippen molar-refractivity contribution >= 4 is 29.5 Å². The third-order valence-corrected chi connectivity index (χ3v) is 5.51. The minimum Gasteiger partial charge on any atom is -0.444 e. The minimum atomic E-state index is -1.27. The maximum Gasteiger partial charge on any atom is 0.408 e. The van der Waals surface area contributed by atoms with Crippen LogP contribution in [0.25, 0.3) is 0 Å². The molecule has 4 amide bonds. The number of hydrogen-bond acceptors (Lipinski definition) is 6. The Balaban J connectivity index is 2.52. The van der Waals surface area contributed by atoms with Crippen molar-refractivity contribution in [2.24, 2.45) is 5.73 Å². The van der Waals surface area contributed by atoms with Crippen molar-refractivity contribution in [3.8, 4) is 6.07 Å². The molecule has 0 spiro atoms. The zero-order valence-corrected chi connectivity index (χ0v) is 22.4. The number of carbonyl (C=O) groups is 4. The molecule has 0 aromatic heterocycles. The Bertz CT molecular complexity index is 1210. The minimum absolute atomic E-state index is 0.144. The molecule has 0 aliphatic heterocycles. The fourth-order valence-electron chi connectivity index (χ4n) is 3.79. The summed E-state index contributed by atoms with van der Waals surface area (Å²) in [5.74, 6) is -1.95. The predicted octanol–water partition coefficient (Wildman–Crippen LogP) is 3.49. The van der Waals surface area contributed by atoms with Crippen molar-refractivity contribution < 1.29 is 23.9 Å². The van der Waals surface area contributed by atoms with Gasteiger partial charge in [0.05, 0.1) is 6.07 Å². The second-order valence-electron chi connectivity index (χ2n) is 9.95. The van der Waals surface area contributed by atoms with Gasteiger partial charge in [0.2, 0.25) is 11.8 Å². The van der Waals surface area contributed by atoms with Crippen molar-refractivity contribution in [3.63, 3.8) is 0 Å². The lowest BCUT2D eigenvalue weighted by molar-refractivity contribution is -0.140. The number of benzene rings is 2. The summed E-state index contributed by atoms with van der Waals surface area (Å²) in [6, 6.07) is 13.7. The van der Waals surface area contributed by atoms with Crippen LogP contribution in [0.15, 0.2) is 48.5 Å². The molecule has 2 aromatic rings. The number of nitrogens with one attached hydrogen (secondary N) is 2. The summed E-state index contributed by atoms with van der Waals surface area (Å²) in [6.07, 6.45) is -1.24. The predicted molar refractivity (Wildman–Crippen MR) is 143 cm³/mol. The van der Waals surface area contributed by atoms with E-state index in [1.165, 1.54) is 0 Å². The highest BCUT2D eigenvalue weighted by molar-refractivity contribution is 5.99. The molecular weight excluding hydrogens is 486 g/mol. The highest BCUT2D eigenvalue weighted by atomic mass is 16.6. The first-order valence-corrected chi connectivity index (χ1v) is 12.2. The summed E-state index contributed by atoms with van der Waals surface area (Å²) in [5.41, 5.74) is 7.15. The third-order valence-electron chi connectivity index (χ3n) is 5.51. The molecule has 38 heavy (non-hydrogen) atoms. The van der Waals surface area contributed by atoms with Crippen LogP contribution in [-0.4, -0.2) is 46.9 Å². The van der Waals surface area contributed by atoms with Crippen LogP contribution in [0.4, 0.5) is 10.5 Å². The molecule has 2 atom stereocenters. The van der Waals surface area contributed by atoms with Gasteiger partial charge in [-0.3, -0.25) is 14.4 Å². The van der Waals surface area contributed by atoms with Gasteiger partial charge in [-0.05, 0) is 58.2 Å². The van der Waals surface area contributed by atoms with Gasteiger partial charge in [-0.1, -0.05) is 48.0 Å². The van der Waals surface area contributed by atoms with Gasteiger partial charge < -0.3 is 26.0 Å². The standard InChI is InChI=1S/C28H35N5O5/c1-18-9-8-11-20(17-18)24(25(35)31-21-12-7-6-10-19(21)2)33(16-15-29)26(36)22(13-14-23(30)34)32-27(37)38-28(3,4)5/h6-12,17,22,24H,13-14,16H2,1-5H3,(H2,30,34)(H,31,35)(H,32,37). The fraction of sp³-hybridized carbons (Fsp3) is 0.393. The number of alkyl carbamates (subject to hydrolysis) is 1. The van der Waals surface area contributed by atoms with Crippen LogP contribution >= 0.6 is 0 Å². The van der Waals surface area contributed by atoms with Crippen LogP contribution in [-0.2, 0) is 19.1 Å². The van der Waals surface area contributed by atoms with E-state index in [9.17, 15) is 24.4 Å². The van der Waals surface area contributed by atoms with Crippen molar-refractivity contribution in [2.75, 3.05) is 11.9 Å². The molecule has 0 saturated heterocycles. The maximum atomic E-state index is 13.8. The highest BCUT2D eigenvalue weighted by Gasteiger charge is 2.36. The summed E-state index contributed by atoms with van der Waals surface area (Å²) in [4.78, 5) is 52.7. The SMILES string of the molecule is Cc1cccc(C(C(=O)Nc2ccccc2C)N(CC#N)C(=O)C(CCC(N)=O)NC(=O)OC(C)(C)C)c1. The van der Waals surface area contributed by atoms with Gasteiger partial charge in [0, 0.05) is 12.1 Å². The fourth-order valence-corrected chi connectivity index (χ4v) is 3.79. The Labute approximate surface area is 223 Å². The lowest BCUT2D eigenvalue weighted by atomic mass is 9.99. The molecule has 0 aliphatic rings. The summed E-state index contributed by atoms with van der Waals surface area (Å²) >= 11 is 0. The Morgan fingerprint density at radius 2 is 1.76 bits per heavy atom. The van der Waals surface area contributed by atoms with Gasteiger partial charge in [-0.2, -0.15) is 5.26 Å². The summed E-state index contributed by atoms with van der Waals surface area (Å²) in [5, 5.41) is 15.0. The third kappa shape index (κ3) is 8.92. The van der Waals surface area contributed by atoms with Gasteiger partial charge >= 0.3 is 6.09 Å². The lowest BCUT2D eigenvalue weighted by Crippen LogP contribution is -2.52. The number of primary amides is 1. The van der Waals surface area contributed by atoms with Gasteiger partial charge in [-0.25, -0.2) is 4.79 Å². The van der Waals surface area contributed by atoms with Crippen LogP contribution in [0, 0.1) is 25.2 Å². The van der Waals surface area contributed by atoms with E-state index in [0.29, 0.717) is 11.3 Å². The van der Waals surface area contributed by atoms with Gasteiger partial charge in [0.1, 0.15) is 24.2 Å². The van der Waals surface area contributed by atoms with Crippen LogP contribution in [0.2, 0.25) is 0 Å². The van der Waals surface area contributed by atoms with Crippen LogP contribution in [0.5, 0.6) is 0 Å². The van der Waals surface area contributed by atoms with Crippen molar-refractivity contribution in [1.82, 2.24) is 10.2 Å². The van der Waals surface area contributed by atoms with Gasteiger partial charge in [0.25, 0.3) is 5.91 Å². The number of rotatable bonds is 10.